The van der Waals surface area contributed by atoms with Crippen molar-refractivity contribution in [3.8, 4) is 5.75 Å². The van der Waals surface area contributed by atoms with Gasteiger partial charge >= 0.3 is 0 Å². The molecule has 0 saturated carbocycles. The summed E-state index contributed by atoms with van der Waals surface area (Å²) in [4.78, 5) is 16.7. The van der Waals surface area contributed by atoms with Crippen molar-refractivity contribution in [3.63, 3.8) is 0 Å². The molecule has 0 unspecified atom stereocenters. The second kappa shape index (κ2) is 5.41. The zero-order valence-electron chi connectivity index (χ0n) is 11.0. The Kier molecular flexibility index (Phi) is 3.86. The number of nitrogens with zero attached hydrogens (tertiary/aromatic N) is 1. The summed E-state index contributed by atoms with van der Waals surface area (Å²) >= 11 is 5.95. The van der Waals surface area contributed by atoms with Crippen molar-refractivity contribution >= 4 is 17.4 Å². The maximum Gasteiger partial charge on any atom is 0.193 e. The summed E-state index contributed by atoms with van der Waals surface area (Å²) in [6.45, 7) is 3.73. The first-order valence-electron chi connectivity index (χ1n) is 5.85. The first-order chi connectivity index (χ1) is 9.01. The molecule has 4 heteroatoms. The lowest BCUT2D eigenvalue weighted by Gasteiger charge is -2.07. The lowest BCUT2D eigenvalue weighted by Crippen LogP contribution is -2.04. The summed E-state index contributed by atoms with van der Waals surface area (Å²) in [6, 6.07) is 8.55. The molecule has 0 atom stereocenters. The number of aryl methyl sites for hydroxylation is 2. The molecule has 0 saturated heterocycles. The minimum Gasteiger partial charge on any atom is -0.495 e. The van der Waals surface area contributed by atoms with Gasteiger partial charge in [0.05, 0.1) is 12.1 Å². The van der Waals surface area contributed by atoms with Crippen LogP contribution in [0.4, 0.5) is 0 Å². The van der Waals surface area contributed by atoms with E-state index in [1.807, 2.05) is 13.8 Å². The zero-order chi connectivity index (χ0) is 14.0. The molecule has 3 nitrogen and oxygen atoms in total. The third-order valence-electron chi connectivity index (χ3n) is 2.76. The van der Waals surface area contributed by atoms with Crippen LogP contribution >= 0.6 is 11.6 Å². The molecule has 19 heavy (non-hydrogen) atoms. The summed E-state index contributed by atoms with van der Waals surface area (Å²) in [7, 11) is 1.52. The quantitative estimate of drug-likeness (QED) is 0.804. The Morgan fingerprint density at radius 3 is 2.32 bits per heavy atom. The van der Waals surface area contributed by atoms with Crippen LogP contribution in [0.2, 0.25) is 5.02 Å². The van der Waals surface area contributed by atoms with Crippen molar-refractivity contribution in [3.05, 3.63) is 57.9 Å². The molecule has 0 fully saturated rings. The van der Waals surface area contributed by atoms with Crippen molar-refractivity contribution in [1.29, 1.82) is 0 Å². The Balaban J connectivity index is 2.43. The first kappa shape index (κ1) is 13.6. The molecule has 0 radical (unpaired) electrons. The predicted octanol–water partition coefficient (Wildman–Crippen LogP) is 3.59. The predicted molar refractivity (Wildman–Crippen MR) is 75.1 cm³/mol. The molecule has 0 aliphatic carbocycles. The molecule has 98 valence electrons. The van der Waals surface area contributed by atoms with Gasteiger partial charge in [0.25, 0.3) is 0 Å². The van der Waals surface area contributed by atoms with E-state index in [2.05, 4.69) is 4.98 Å². The van der Waals surface area contributed by atoms with Gasteiger partial charge in [0.2, 0.25) is 0 Å². The molecule has 2 rings (SSSR count). The summed E-state index contributed by atoms with van der Waals surface area (Å²) in [5.74, 6) is 0.429. The number of hydrogen-bond acceptors (Lipinski definition) is 3. The van der Waals surface area contributed by atoms with E-state index in [1.54, 1.807) is 30.3 Å². The SMILES string of the molecule is COc1cc(C(=O)c2cc(C)nc(C)c2)ccc1Cl. The molecular formula is C15H14ClNO2. The van der Waals surface area contributed by atoms with Gasteiger partial charge in [0, 0.05) is 22.5 Å². The third-order valence-corrected chi connectivity index (χ3v) is 3.07. The van der Waals surface area contributed by atoms with Gasteiger partial charge in [-0.1, -0.05) is 11.6 Å². The van der Waals surface area contributed by atoms with Gasteiger partial charge in [-0.05, 0) is 44.2 Å². The van der Waals surface area contributed by atoms with Gasteiger partial charge in [0.1, 0.15) is 5.75 Å². The van der Waals surface area contributed by atoms with E-state index in [0.29, 0.717) is 21.9 Å². The van der Waals surface area contributed by atoms with Crippen molar-refractivity contribution in [2.75, 3.05) is 7.11 Å². The average molecular weight is 276 g/mol. The smallest absolute Gasteiger partial charge is 0.193 e. The number of halogens is 1. The number of benzene rings is 1. The summed E-state index contributed by atoms with van der Waals surface area (Å²) in [5.41, 5.74) is 2.81. The molecular weight excluding hydrogens is 262 g/mol. The Bertz CT molecular complexity index is 618. The number of ketones is 1. The number of carbonyl (C=O) groups excluding carboxylic acids is 1. The number of pyridine rings is 1. The minimum atomic E-state index is -0.0661. The van der Waals surface area contributed by atoms with Crippen LogP contribution in [-0.4, -0.2) is 17.9 Å². The molecule has 0 N–H and O–H groups in total. The second-order valence-corrected chi connectivity index (χ2v) is 4.72. The fraction of sp³-hybridized carbons (Fsp3) is 0.200. The Morgan fingerprint density at radius 1 is 1.11 bits per heavy atom. The monoisotopic (exact) mass is 275 g/mol. The highest BCUT2D eigenvalue weighted by molar-refractivity contribution is 6.32. The maximum absolute atomic E-state index is 12.4. The van der Waals surface area contributed by atoms with E-state index in [9.17, 15) is 4.79 Å². The molecule has 1 heterocycles. The lowest BCUT2D eigenvalue weighted by atomic mass is 10.0. The number of rotatable bonds is 3. The van der Waals surface area contributed by atoms with E-state index in [0.717, 1.165) is 11.4 Å². The van der Waals surface area contributed by atoms with Crippen LogP contribution in [0, 0.1) is 13.8 Å². The molecule has 0 aliphatic heterocycles. The van der Waals surface area contributed by atoms with Crippen molar-refractivity contribution in [2.24, 2.45) is 0 Å². The van der Waals surface area contributed by atoms with Crippen LogP contribution in [0.3, 0.4) is 0 Å². The van der Waals surface area contributed by atoms with Crippen LogP contribution < -0.4 is 4.74 Å². The van der Waals surface area contributed by atoms with Crippen molar-refractivity contribution in [2.45, 2.75) is 13.8 Å². The Labute approximate surface area is 117 Å². The highest BCUT2D eigenvalue weighted by Crippen LogP contribution is 2.26. The first-order valence-corrected chi connectivity index (χ1v) is 6.22. The summed E-state index contributed by atoms with van der Waals surface area (Å²) in [5, 5.41) is 0.487. The summed E-state index contributed by atoms with van der Waals surface area (Å²) < 4.78 is 5.12. The molecule has 0 amide bonds. The van der Waals surface area contributed by atoms with E-state index in [4.69, 9.17) is 16.3 Å². The van der Waals surface area contributed by atoms with Gasteiger partial charge in [-0.15, -0.1) is 0 Å². The maximum atomic E-state index is 12.4. The highest BCUT2D eigenvalue weighted by atomic mass is 35.5. The number of carbonyl (C=O) groups is 1. The Morgan fingerprint density at radius 2 is 1.74 bits per heavy atom. The van der Waals surface area contributed by atoms with Crippen LogP contribution in [-0.2, 0) is 0 Å². The molecule has 2 aromatic rings. The molecule has 0 spiro atoms. The number of ether oxygens (including phenoxy) is 1. The summed E-state index contributed by atoms with van der Waals surface area (Å²) in [6.07, 6.45) is 0. The van der Waals surface area contributed by atoms with E-state index in [1.165, 1.54) is 7.11 Å². The van der Waals surface area contributed by atoms with E-state index >= 15 is 0 Å². The topological polar surface area (TPSA) is 39.2 Å². The second-order valence-electron chi connectivity index (χ2n) is 4.32. The number of aromatic nitrogens is 1. The fourth-order valence-corrected chi connectivity index (χ4v) is 2.13. The zero-order valence-corrected chi connectivity index (χ0v) is 11.8. The van der Waals surface area contributed by atoms with E-state index < -0.39 is 0 Å². The van der Waals surface area contributed by atoms with Gasteiger partial charge in [-0.2, -0.15) is 0 Å². The normalized spacial score (nSPS) is 10.3. The minimum absolute atomic E-state index is 0.0661. The standard InChI is InChI=1S/C15H14ClNO2/c1-9-6-12(7-10(2)17-9)15(18)11-4-5-13(16)14(8-11)19-3/h4-8H,1-3H3. The van der Waals surface area contributed by atoms with Gasteiger partial charge < -0.3 is 4.74 Å². The highest BCUT2D eigenvalue weighted by Gasteiger charge is 2.12. The van der Waals surface area contributed by atoms with Gasteiger partial charge in [0.15, 0.2) is 5.78 Å². The average Bonchev–Trinajstić information content (AvgIpc) is 2.37. The molecule has 0 bridgehead atoms. The molecule has 1 aromatic carbocycles. The third kappa shape index (κ3) is 2.93. The molecule has 1 aromatic heterocycles. The van der Waals surface area contributed by atoms with Crippen LogP contribution in [0.1, 0.15) is 27.3 Å². The lowest BCUT2D eigenvalue weighted by molar-refractivity contribution is 0.103. The van der Waals surface area contributed by atoms with Crippen LogP contribution in [0.25, 0.3) is 0 Å². The fourth-order valence-electron chi connectivity index (χ4n) is 1.93. The van der Waals surface area contributed by atoms with Crippen molar-refractivity contribution in [1.82, 2.24) is 4.98 Å². The molecule has 0 aliphatic rings. The Hall–Kier alpha value is -1.87. The van der Waals surface area contributed by atoms with Gasteiger partial charge in [-0.3, -0.25) is 9.78 Å². The van der Waals surface area contributed by atoms with Crippen molar-refractivity contribution < 1.29 is 9.53 Å². The number of hydrogen-bond donors (Lipinski definition) is 0. The number of methoxy groups -OCH3 is 1. The van der Waals surface area contributed by atoms with Crippen LogP contribution in [0.5, 0.6) is 5.75 Å². The largest absolute Gasteiger partial charge is 0.495 e. The van der Waals surface area contributed by atoms with Crippen LogP contribution in [0.15, 0.2) is 30.3 Å². The van der Waals surface area contributed by atoms with Gasteiger partial charge in [-0.25, -0.2) is 0 Å². The van der Waals surface area contributed by atoms with E-state index in [-0.39, 0.29) is 5.78 Å².